The number of carbonyl (C=O) groups is 1. The van der Waals surface area contributed by atoms with Crippen LogP contribution in [0.1, 0.15) is 29.4 Å². The van der Waals surface area contributed by atoms with Crippen molar-refractivity contribution in [3.05, 3.63) is 65.1 Å². The van der Waals surface area contributed by atoms with E-state index >= 15 is 0 Å². The standard InChI is InChI=1S/C29H31N7O3S/c1-19-3-6-22(18-30-19)26-24-9-10-25-28(40-29(33-25)32-20(2)37)27(24)36(34-26)23-7-4-21(5-8-23)17-31-39-16-13-35-11-14-38-15-12-35/h3-8,17-18H,9-16H2,1-2H3,(H,32,33,37)/b31-17+. The number of pyridine rings is 1. The predicted octanol–water partition coefficient (Wildman–Crippen LogP) is 4.11. The number of fused-ring (bicyclic) bond motifs is 3. The molecular weight excluding hydrogens is 526 g/mol. The molecule has 40 heavy (non-hydrogen) atoms. The highest BCUT2D eigenvalue weighted by Gasteiger charge is 2.30. The number of hydrogen-bond donors (Lipinski definition) is 1. The molecule has 6 rings (SSSR count). The van der Waals surface area contributed by atoms with Crippen molar-refractivity contribution >= 4 is 28.6 Å². The van der Waals surface area contributed by atoms with Crippen LogP contribution in [-0.2, 0) is 27.2 Å². The Labute approximate surface area is 236 Å². The van der Waals surface area contributed by atoms with Crippen molar-refractivity contribution in [2.75, 3.05) is 44.8 Å². The van der Waals surface area contributed by atoms with Crippen LogP contribution >= 0.6 is 11.3 Å². The maximum absolute atomic E-state index is 11.7. The van der Waals surface area contributed by atoms with E-state index in [9.17, 15) is 4.79 Å². The fourth-order valence-electron chi connectivity index (χ4n) is 4.95. The molecule has 0 spiro atoms. The molecule has 0 unspecified atom stereocenters. The molecule has 10 nitrogen and oxygen atoms in total. The lowest BCUT2D eigenvalue weighted by molar-refractivity contribution is -0.114. The molecule has 1 fully saturated rings. The first kappa shape index (κ1) is 26.3. The van der Waals surface area contributed by atoms with Gasteiger partial charge in [0.05, 0.1) is 47.1 Å². The normalized spacial score (nSPS) is 15.2. The molecule has 0 atom stereocenters. The van der Waals surface area contributed by atoms with Gasteiger partial charge in [-0.2, -0.15) is 5.10 Å². The van der Waals surface area contributed by atoms with E-state index in [0.29, 0.717) is 11.7 Å². The van der Waals surface area contributed by atoms with Gasteiger partial charge in [0.1, 0.15) is 6.61 Å². The van der Waals surface area contributed by atoms with Gasteiger partial charge in [0.15, 0.2) is 5.13 Å². The van der Waals surface area contributed by atoms with Gasteiger partial charge in [0, 0.05) is 49.6 Å². The second-order valence-corrected chi connectivity index (χ2v) is 10.9. The second-order valence-electron chi connectivity index (χ2n) is 9.87. The summed E-state index contributed by atoms with van der Waals surface area (Å²) in [5.74, 6) is -0.131. The lowest BCUT2D eigenvalue weighted by Crippen LogP contribution is -2.38. The lowest BCUT2D eigenvalue weighted by atomic mass is 9.95. The Kier molecular flexibility index (Phi) is 7.67. The van der Waals surface area contributed by atoms with E-state index in [2.05, 4.69) is 26.4 Å². The van der Waals surface area contributed by atoms with Crippen LogP contribution in [-0.4, -0.2) is 76.2 Å². The fraction of sp³-hybridized carbons (Fsp3) is 0.345. The maximum atomic E-state index is 11.7. The second kappa shape index (κ2) is 11.7. The zero-order chi connectivity index (χ0) is 27.5. The number of ether oxygens (including phenoxy) is 1. The summed E-state index contributed by atoms with van der Waals surface area (Å²) in [5.41, 5.74) is 7.88. The van der Waals surface area contributed by atoms with Crippen molar-refractivity contribution in [2.24, 2.45) is 5.16 Å². The zero-order valence-electron chi connectivity index (χ0n) is 22.6. The average Bonchev–Trinajstić information content (AvgIpc) is 3.55. The highest BCUT2D eigenvalue weighted by Crippen LogP contribution is 2.44. The number of benzene rings is 1. The summed E-state index contributed by atoms with van der Waals surface area (Å²) in [6, 6.07) is 12.1. The van der Waals surface area contributed by atoms with Crippen molar-refractivity contribution in [1.29, 1.82) is 0 Å². The Morgan fingerprint density at radius 2 is 2.00 bits per heavy atom. The van der Waals surface area contributed by atoms with Gasteiger partial charge < -0.3 is 14.9 Å². The van der Waals surface area contributed by atoms with Gasteiger partial charge in [-0.15, -0.1) is 0 Å². The first-order valence-electron chi connectivity index (χ1n) is 13.4. The van der Waals surface area contributed by atoms with Crippen molar-refractivity contribution in [3.8, 4) is 27.5 Å². The molecule has 4 aromatic rings. The molecule has 11 heteroatoms. The fourth-order valence-corrected chi connectivity index (χ4v) is 6.06. The van der Waals surface area contributed by atoms with Gasteiger partial charge in [-0.05, 0) is 49.6 Å². The average molecular weight is 558 g/mol. The van der Waals surface area contributed by atoms with Crippen LogP contribution in [0.25, 0.3) is 27.5 Å². The van der Waals surface area contributed by atoms with Crippen LogP contribution in [0.3, 0.4) is 0 Å². The number of anilines is 1. The van der Waals surface area contributed by atoms with Crippen LogP contribution < -0.4 is 5.32 Å². The number of oxime groups is 1. The van der Waals surface area contributed by atoms with Crippen LogP contribution in [0.5, 0.6) is 0 Å². The number of carbonyl (C=O) groups excluding carboxylic acids is 1. The van der Waals surface area contributed by atoms with Gasteiger partial charge in [-0.25, -0.2) is 9.67 Å². The summed E-state index contributed by atoms with van der Waals surface area (Å²) < 4.78 is 7.36. The minimum atomic E-state index is -0.131. The highest BCUT2D eigenvalue weighted by molar-refractivity contribution is 7.19. The van der Waals surface area contributed by atoms with Crippen LogP contribution in [0, 0.1) is 6.92 Å². The number of thiazole rings is 1. The Bertz CT molecular complexity index is 1520. The number of nitrogens with zero attached hydrogens (tertiary/aromatic N) is 6. The SMILES string of the molecule is CC(=O)Nc1nc2c(s1)-c1c(c(-c3ccc(C)nc3)nn1-c1ccc(/C=N/OCCN3CCOCC3)cc1)CC2. The van der Waals surface area contributed by atoms with Crippen molar-refractivity contribution in [2.45, 2.75) is 26.7 Å². The van der Waals surface area contributed by atoms with E-state index in [-0.39, 0.29) is 5.91 Å². The number of nitrogens with one attached hydrogen (secondary N) is 1. The van der Waals surface area contributed by atoms with Gasteiger partial charge in [-0.3, -0.25) is 14.7 Å². The molecule has 4 heterocycles. The summed E-state index contributed by atoms with van der Waals surface area (Å²) in [5, 5.41) is 12.7. The number of hydrogen-bond acceptors (Lipinski definition) is 9. The molecule has 3 aromatic heterocycles. The minimum Gasteiger partial charge on any atom is -0.394 e. The van der Waals surface area contributed by atoms with Gasteiger partial charge in [0.25, 0.3) is 0 Å². The Balaban J connectivity index is 1.27. The van der Waals surface area contributed by atoms with Crippen molar-refractivity contribution in [3.63, 3.8) is 0 Å². The third-order valence-corrected chi connectivity index (χ3v) is 8.01. The molecule has 1 saturated heterocycles. The van der Waals surface area contributed by atoms with E-state index < -0.39 is 0 Å². The van der Waals surface area contributed by atoms with Gasteiger partial charge in [-0.1, -0.05) is 28.6 Å². The van der Waals surface area contributed by atoms with E-state index in [1.54, 1.807) is 6.21 Å². The zero-order valence-corrected chi connectivity index (χ0v) is 23.4. The maximum Gasteiger partial charge on any atom is 0.223 e. The molecule has 1 aromatic carbocycles. The third kappa shape index (κ3) is 5.67. The monoisotopic (exact) mass is 557 g/mol. The molecule has 1 aliphatic heterocycles. The molecule has 1 N–H and O–H groups in total. The smallest absolute Gasteiger partial charge is 0.223 e. The molecule has 2 aliphatic rings. The summed E-state index contributed by atoms with van der Waals surface area (Å²) in [4.78, 5) is 29.7. The topological polar surface area (TPSA) is 107 Å². The van der Waals surface area contributed by atoms with Crippen molar-refractivity contribution < 1.29 is 14.4 Å². The van der Waals surface area contributed by atoms with E-state index in [1.165, 1.54) is 18.3 Å². The Hall–Kier alpha value is -3.93. The molecule has 0 bridgehead atoms. The highest BCUT2D eigenvalue weighted by atomic mass is 32.1. The summed E-state index contributed by atoms with van der Waals surface area (Å²) >= 11 is 1.49. The molecular formula is C29H31N7O3S. The van der Waals surface area contributed by atoms with E-state index in [0.717, 1.165) is 95.7 Å². The minimum absolute atomic E-state index is 0.131. The third-order valence-electron chi connectivity index (χ3n) is 6.99. The predicted molar refractivity (Wildman–Crippen MR) is 155 cm³/mol. The van der Waals surface area contributed by atoms with Gasteiger partial charge >= 0.3 is 0 Å². The molecule has 0 saturated carbocycles. The first-order valence-corrected chi connectivity index (χ1v) is 14.3. The quantitative estimate of drug-likeness (QED) is 0.197. The largest absolute Gasteiger partial charge is 0.394 e. The van der Waals surface area contributed by atoms with Crippen LogP contribution in [0.15, 0.2) is 47.8 Å². The van der Waals surface area contributed by atoms with E-state index in [4.69, 9.17) is 19.7 Å². The van der Waals surface area contributed by atoms with E-state index in [1.807, 2.05) is 48.1 Å². The summed E-state index contributed by atoms with van der Waals surface area (Å²) in [6.45, 7) is 8.29. The lowest BCUT2D eigenvalue weighted by Gasteiger charge is -2.25. The first-order chi connectivity index (χ1) is 19.5. The van der Waals surface area contributed by atoms with Gasteiger partial charge in [0.2, 0.25) is 5.91 Å². The molecule has 1 amide bonds. The van der Waals surface area contributed by atoms with Crippen molar-refractivity contribution in [1.82, 2.24) is 24.6 Å². The number of amides is 1. The number of aryl methyl sites for hydroxylation is 2. The molecule has 0 radical (unpaired) electrons. The Morgan fingerprint density at radius 1 is 1.18 bits per heavy atom. The van der Waals surface area contributed by atoms with Crippen LogP contribution in [0.4, 0.5) is 5.13 Å². The van der Waals surface area contributed by atoms with Crippen LogP contribution in [0.2, 0.25) is 0 Å². The molecule has 206 valence electrons. The Morgan fingerprint density at radius 3 is 2.75 bits per heavy atom. The summed E-state index contributed by atoms with van der Waals surface area (Å²) in [6.07, 6.45) is 5.20. The molecule has 1 aliphatic carbocycles. The number of morpholine rings is 1. The number of rotatable bonds is 8. The summed E-state index contributed by atoms with van der Waals surface area (Å²) in [7, 11) is 0. The number of aromatic nitrogens is 4.